The lowest BCUT2D eigenvalue weighted by Crippen LogP contribution is -2.55. The maximum Gasteiger partial charge on any atom is 0.407 e. The van der Waals surface area contributed by atoms with Crippen molar-refractivity contribution >= 4 is 45.6 Å². The Morgan fingerprint density at radius 3 is 2.42 bits per heavy atom. The van der Waals surface area contributed by atoms with Gasteiger partial charge in [-0.15, -0.1) is 0 Å². The van der Waals surface area contributed by atoms with Crippen LogP contribution in [0.3, 0.4) is 0 Å². The average molecular weight is 604 g/mol. The number of carbonyl (C=O) groups excluding carboxylic acids is 4. The molecule has 0 bridgehead atoms. The Bertz CT molecular complexity index is 1190. The van der Waals surface area contributed by atoms with Crippen molar-refractivity contribution in [3.8, 4) is 0 Å². The number of hydrogen-bond acceptors (Lipinski definition) is 8. The van der Waals surface area contributed by atoms with E-state index in [1.165, 1.54) is 0 Å². The summed E-state index contributed by atoms with van der Waals surface area (Å²) in [6.07, 6.45) is -0.610. The van der Waals surface area contributed by atoms with Crippen molar-refractivity contribution in [3.63, 3.8) is 0 Å². The molecule has 0 saturated carbocycles. The van der Waals surface area contributed by atoms with E-state index in [9.17, 15) is 32.1 Å². The number of alkyl carbamates (subject to hydrolysis) is 1. The molecule has 1 aliphatic heterocycles. The molecule has 14 heteroatoms. The normalized spacial score (nSPS) is 17.9. The average Bonchev–Trinajstić information content (AvgIpc) is 3.23. The van der Waals surface area contributed by atoms with Gasteiger partial charge in [-0.1, -0.05) is 51.4 Å². The van der Waals surface area contributed by atoms with Crippen LogP contribution in [0.25, 0.3) is 0 Å². The van der Waals surface area contributed by atoms with E-state index in [2.05, 4.69) is 16.0 Å². The molecule has 12 nitrogen and oxygen atoms in total. The molecule has 4 atom stereocenters. The van der Waals surface area contributed by atoms with Crippen LogP contribution in [0.1, 0.15) is 59.4 Å². The van der Waals surface area contributed by atoms with Gasteiger partial charge in [-0.2, -0.15) is 8.42 Å². The van der Waals surface area contributed by atoms with Crippen LogP contribution in [0.4, 0.5) is 4.79 Å². The van der Waals surface area contributed by atoms with Gasteiger partial charge in [0.15, 0.2) is 0 Å². The highest BCUT2D eigenvalue weighted by atomic mass is 35.5. The summed E-state index contributed by atoms with van der Waals surface area (Å²) >= 11 is 6.08. The molecule has 4 unspecified atom stereocenters. The van der Waals surface area contributed by atoms with Crippen LogP contribution in [0.15, 0.2) is 24.3 Å². The molecule has 4 N–H and O–H groups in total. The first-order valence-corrected chi connectivity index (χ1v) is 14.8. The Balaban J connectivity index is 2.20. The van der Waals surface area contributed by atoms with E-state index in [-0.39, 0.29) is 31.3 Å². The lowest BCUT2D eigenvalue weighted by molar-refractivity contribution is -0.145. The fourth-order valence-corrected chi connectivity index (χ4v) is 5.38. The Kier molecular flexibility index (Phi) is 11.8. The Labute approximate surface area is 239 Å². The molecule has 0 radical (unpaired) electrons. The van der Waals surface area contributed by atoms with Crippen molar-refractivity contribution in [2.75, 3.05) is 13.2 Å². The second-order valence-corrected chi connectivity index (χ2v) is 12.8. The second-order valence-electron chi connectivity index (χ2n) is 10.9. The number of hydrogen-bond donors (Lipinski definition) is 4. The third kappa shape index (κ3) is 10.3. The molecule has 0 aromatic heterocycles. The fraction of sp³-hybridized carbons (Fsp3) is 0.615. The lowest BCUT2D eigenvalue weighted by Gasteiger charge is -2.29. The summed E-state index contributed by atoms with van der Waals surface area (Å²) in [5.41, 5.74) is -1.92. The molecule has 3 amide bonds. The summed E-state index contributed by atoms with van der Waals surface area (Å²) in [6, 6.07) is 4.48. The summed E-state index contributed by atoms with van der Waals surface area (Å²) in [5, 5.41) is 8.13. The predicted octanol–water partition coefficient (Wildman–Crippen LogP) is 2.55. The molecular weight excluding hydrogens is 566 g/mol. The van der Waals surface area contributed by atoms with E-state index < -0.39 is 56.9 Å². The van der Waals surface area contributed by atoms with Crippen LogP contribution in [0.2, 0.25) is 5.02 Å². The zero-order chi connectivity index (χ0) is 30.3. The number of benzene rings is 1. The first-order chi connectivity index (χ1) is 18.5. The smallest absolute Gasteiger partial charge is 0.407 e. The number of amides is 3. The number of carbonyl (C=O) groups is 4. The third-order valence-electron chi connectivity index (χ3n) is 6.42. The molecule has 1 saturated heterocycles. The van der Waals surface area contributed by atoms with E-state index in [1.54, 1.807) is 18.2 Å². The quantitative estimate of drug-likeness (QED) is 0.195. The minimum Gasteiger partial charge on any atom is -0.449 e. The van der Waals surface area contributed by atoms with Gasteiger partial charge < -0.3 is 25.4 Å². The Morgan fingerprint density at radius 2 is 1.90 bits per heavy atom. The number of halogens is 1. The highest BCUT2D eigenvalue weighted by Crippen LogP contribution is 2.26. The maximum atomic E-state index is 13.3. The van der Waals surface area contributed by atoms with Crippen LogP contribution in [-0.4, -0.2) is 67.5 Å². The van der Waals surface area contributed by atoms with Crippen molar-refractivity contribution in [2.24, 2.45) is 11.8 Å². The fourth-order valence-electron chi connectivity index (χ4n) is 4.34. The van der Waals surface area contributed by atoms with E-state index in [0.717, 1.165) is 12.5 Å². The van der Waals surface area contributed by atoms with E-state index in [4.69, 9.17) is 21.1 Å². The summed E-state index contributed by atoms with van der Waals surface area (Å²) in [5.74, 6) is -2.95. The van der Waals surface area contributed by atoms with Crippen molar-refractivity contribution < 1.29 is 41.6 Å². The highest BCUT2D eigenvalue weighted by Gasteiger charge is 2.41. The Morgan fingerprint density at radius 1 is 1.23 bits per heavy atom. The van der Waals surface area contributed by atoms with Crippen molar-refractivity contribution in [1.82, 2.24) is 16.0 Å². The third-order valence-corrected chi connectivity index (χ3v) is 7.67. The van der Waals surface area contributed by atoms with Gasteiger partial charge in [-0.25, -0.2) is 4.79 Å². The van der Waals surface area contributed by atoms with Crippen molar-refractivity contribution in [1.29, 1.82) is 0 Å². The van der Waals surface area contributed by atoms with Gasteiger partial charge in [0.05, 0.1) is 6.04 Å². The van der Waals surface area contributed by atoms with Gasteiger partial charge in [0.2, 0.25) is 17.3 Å². The molecule has 0 aliphatic carbocycles. The van der Waals surface area contributed by atoms with Gasteiger partial charge in [-0.3, -0.25) is 18.9 Å². The molecule has 1 aromatic carbocycles. The molecule has 0 spiro atoms. The molecule has 1 heterocycles. The number of rotatable bonds is 13. The summed E-state index contributed by atoms with van der Waals surface area (Å²) in [6.45, 7) is 8.61. The summed E-state index contributed by atoms with van der Waals surface area (Å²) in [4.78, 5) is 49.9. The van der Waals surface area contributed by atoms with Gasteiger partial charge in [0.25, 0.3) is 0 Å². The van der Waals surface area contributed by atoms with Crippen LogP contribution >= 0.6 is 11.6 Å². The van der Waals surface area contributed by atoms with Crippen molar-refractivity contribution in [3.05, 3.63) is 34.9 Å². The minimum atomic E-state index is -5.00. The standard InChI is InChI=1S/C26H38ClN3O9S/c1-15(2)11-20(30-25(34)38-14-26(4,5)18-7-6-8-19(27)13-18)23(33)29-21(12-17-9-10-28-22(17)32)24(39-16(3)31)40(35,36)37/h6-8,13,15,17,20-21,24H,9-12,14H2,1-5H3,(H,28,32)(H,29,33)(H,30,34)(H,35,36,37). The van der Waals surface area contributed by atoms with E-state index in [1.807, 2.05) is 33.8 Å². The monoisotopic (exact) mass is 603 g/mol. The van der Waals surface area contributed by atoms with Crippen LogP contribution in [0, 0.1) is 11.8 Å². The first-order valence-electron chi connectivity index (χ1n) is 12.9. The molecule has 1 aliphatic rings. The largest absolute Gasteiger partial charge is 0.449 e. The number of esters is 1. The van der Waals surface area contributed by atoms with Crippen LogP contribution in [-0.2, 0) is 39.4 Å². The molecule has 224 valence electrons. The molecule has 40 heavy (non-hydrogen) atoms. The molecule has 2 rings (SSSR count). The topological polar surface area (TPSA) is 177 Å². The molecular formula is C26H38ClN3O9S. The van der Waals surface area contributed by atoms with E-state index >= 15 is 0 Å². The van der Waals surface area contributed by atoms with E-state index in [0.29, 0.717) is 18.0 Å². The number of nitrogens with one attached hydrogen (secondary N) is 3. The van der Waals surface area contributed by atoms with Gasteiger partial charge >= 0.3 is 22.2 Å². The van der Waals surface area contributed by atoms with Gasteiger partial charge in [0, 0.05) is 29.8 Å². The van der Waals surface area contributed by atoms with Crippen molar-refractivity contribution in [2.45, 2.75) is 76.8 Å². The van der Waals surface area contributed by atoms with Gasteiger partial charge in [0.1, 0.15) is 12.6 Å². The van der Waals surface area contributed by atoms with Crippen LogP contribution < -0.4 is 16.0 Å². The maximum absolute atomic E-state index is 13.3. The summed E-state index contributed by atoms with van der Waals surface area (Å²) in [7, 11) is -5.00. The van der Waals surface area contributed by atoms with Crippen LogP contribution in [0.5, 0.6) is 0 Å². The SMILES string of the molecule is CC(=O)OC(C(CC1CCNC1=O)NC(=O)C(CC(C)C)NC(=O)OCC(C)(C)c1cccc(Cl)c1)S(=O)(=O)O. The lowest BCUT2D eigenvalue weighted by atomic mass is 9.86. The second kappa shape index (κ2) is 14.1. The molecule has 1 aromatic rings. The molecule has 1 fully saturated rings. The van der Waals surface area contributed by atoms with Gasteiger partial charge in [-0.05, 0) is 42.9 Å². The Hall–Kier alpha value is -2.90. The predicted molar refractivity (Wildman–Crippen MR) is 147 cm³/mol. The first kappa shape index (κ1) is 33.3. The summed E-state index contributed by atoms with van der Waals surface area (Å²) < 4.78 is 44.3. The zero-order valence-electron chi connectivity index (χ0n) is 23.2. The minimum absolute atomic E-state index is 0.0358. The number of ether oxygens (including phenoxy) is 2. The highest BCUT2D eigenvalue weighted by molar-refractivity contribution is 7.86. The zero-order valence-corrected chi connectivity index (χ0v) is 24.8.